The molecule has 2 heterocycles. The van der Waals surface area contributed by atoms with Crippen LogP contribution in [0.3, 0.4) is 0 Å². The maximum atomic E-state index is 12.6. The molecule has 0 bridgehead atoms. The monoisotopic (exact) mass is 293 g/mol. The molecule has 1 unspecified atom stereocenters. The minimum atomic E-state index is -3.34. The van der Waals surface area contributed by atoms with E-state index in [1.807, 2.05) is 13.8 Å². The summed E-state index contributed by atoms with van der Waals surface area (Å²) in [6, 6.07) is 0. The van der Waals surface area contributed by atoms with Crippen molar-refractivity contribution in [3.63, 3.8) is 0 Å². The summed E-state index contributed by atoms with van der Waals surface area (Å²) in [5.41, 5.74) is -0.566. The number of ether oxygens (including phenoxy) is 2. The van der Waals surface area contributed by atoms with Gasteiger partial charge in [0.05, 0.1) is 23.6 Å². The Balaban J connectivity index is 2.14. The molecule has 0 saturated carbocycles. The molecular formula is C12H23NO5S. The first-order valence-electron chi connectivity index (χ1n) is 6.70. The predicted molar refractivity (Wildman–Crippen MR) is 70.4 cm³/mol. The molecule has 0 amide bonds. The van der Waals surface area contributed by atoms with Crippen molar-refractivity contribution >= 4 is 10.0 Å². The summed E-state index contributed by atoms with van der Waals surface area (Å²) in [4.78, 5) is 0. The van der Waals surface area contributed by atoms with Crippen LogP contribution in [0.4, 0.5) is 0 Å². The summed E-state index contributed by atoms with van der Waals surface area (Å²) in [5.74, 6) is 0. The second-order valence-electron chi connectivity index (χ2n) is 5.83. The molecule has 0 aliphatic carbocycles. The lowest BCUT2D eigenvalue weighted by Gasteiger charge is -2.43. The van der Waals surface area contributed by atoms with Gasteiger partial charge in [-0.2, -0.15) is 4.31 Å². The number of aliphatic hydroxyl groups excluding tert-OH is 1. The molecule has 0 radical (unpaired) electrons. The molecule has 7 heteroatoms. The Hall–Kier alpha value is -0.210. The number of sulfonamides is 1. The van der Waals surface area contributed by atoms with E-state index in [4.69, 9.17) is 9.47 Å². The first kappa shape index (κ1) is 15.2. The van der Waals surface area contributed by atoms with Gasteiger partial charge in [0.2, 0.25) is 10.0 Å². The zero-order valence-corrected chi connectivity index (χ0v) is 12.4. The van der Waals surface area contributed by atoms with Gasteiger partial charge in [-0.3, -0.25) is 0 Å². The van der Waals surface area contributed by atoms with Crippen LogP contribution in [0.25, 0.3) is 0 Å². The molecule has 2 fully saturated rings. The van der Waals surface area contributed by atoms with Crippen LogP contribution >= 0.6 is 0 Å². The third-order valence-corrected chi connectivity index (χ3v) is 5.92. The van der Waals surface area contributed by atoms with Gasteiger partial charge in [0.25, 0.3) is 0 Å². The van der Waals surface area contributed by atoms with Crippen molar-refractivity contribution < 1.29 is 23.0 Å². The first-order chi connectivity index (χ1) is 8.85. The van der Waals surface area contributed by atoms with Crippen LogP contribution < -0.4 is 0 Å². The number of hydrogen-bond donors (Lipinski definition) is 1. The lowest BCUT2D eigenvalue weighted by molar-refractivity contribution is -0.131. The van der Waals surface area contributed by atoms with Crippen LogP contribution in [0.2, 0.25) is 0 Å². The van der Waals surface area contributed by atoms with Crippen LogP contribution in [0.5, 0.6) is 0 Å². The van der Waals surface area contributed by atoms with E-state index in [0.29, 0.717) is 32.6 Å². The Kier molecular flexibility index (Phi) is 4.52. The Bertz CT molecular complexity index is 402. The van der Waals surface area contributed by atoms with Gasteiger partial charge in [-0.15, -0.1) is 0 Å². The van der Waals surface area contributed by atoms with E-state index >= 15 is 0 Å². The van der Waals surface area contributed by atoms with Crippen molar-refractivity contribution in [1.82, 2.24) is 4.31 Å². The van der Waals surface area contributed by atoms with Crippen molar-refractivity contribution in [1.29, 1.82) is 0 Å². The molecule has 1 atom stereocenters. The summed E-state index contributed by atoms with van der Waals surface area (Å²) >= 11 is 0. The molecule has 2 aliphatic rings. The van der Waals surface area contributed by atoms with E-state index in [-0.39, 0.29) is 18.4 Å². The zero-order chi connectivity index (χ0) is 14.1. The highest BCUT2D eigenvalue weighted by molar-refractivity contribution is 7.89. The maximum Gasteiger partial charge on any atom is 0.217 e. The van der Waals surface area contributed by atoms with E-state index < -0.39 is 21.7 Å². The number of rotatable bonds is 3. The summed E-state index contributed by atoms with van der Waals surface area (Å²) in [5, 5.41) is 8.88. The third kappa shape index (κ3) is 3.46. The molecule has 2 aliphatic heterocycles. The molecule has 0 aromatic carbocycles. The van der Waals surface area contributed by atoms with Crippen LogP contribution in [0.15, 0.2) is 0 Å². The van der Waals surface area contributed by atoms with Gasteiger partial charge in [-0.25, -0.2) is 8.42 Å². The fraction of sp³-hybridized carbons (Fsp3) is 1.00. The van der Waals surface area contributed by atoms with Crippen molar-refractivity contribution in [3.8, 4) is 0 Å². The predicted octanol–water partition coefficient (Wildman–Crippen LogP) is -0.0331. The summed E-state index contributed by atoms with van der Waals surface area (Å²) in [6.07, 6.45) is 0.645. The van der Waals surface area contributed by atoms with E-state index in [0.717, 1.165) is 0 Å². The van der Waals surface area contributed by atoms with Gasteiger partial charge in [0, 0.05) is 26.3 Å². The lowest BCUT2D eigenvalue weighted by Crippen LogP contribution is -2.57. The molecule has 6 nitrogen and oxygen atoms in total. The largest absolute Gasteiger partial charge is 0.394 e. The number of morpholine rings is 1. The summed E-state index contributed by atoms with van der Waals surface area (Å²) in [6.45, 7) is 5.11. The molecule has 0 aromatic heterocycles. The van der Waals surface area contributed by atoms with Gasteiger partial charge in [0.15, 0.2) is 0 Å². The first-order valence-corrected chi connectivity index (χ1v) is 8.21. The normalized spacial score (nSPS) is 30.4. The Morgan fingerprint density at radius 2 is 1.95 bits per heavy atom. The minimum Gasteiger partial charge on any atom is -0.394 e. The number of aliphatic hydroxyl groups is 1. The smallest absolute Gasteiger partial charge is 0.217 e. The molecule has 0 aromatic rings. The highest BCUT2D eigenvalue weighted by atomic mass is 32.2. The standard InChI is InChI=1S/C12H23NO5S/c1-12(2)9-13(7-10(8-14)18-12)19(15,16)11-3-5-17-6-4-11/h10-11,14H,3-9H2,1-2H3. The molecule has 2 rings (SSSR count). The highest BCUT2D eigenvalue weighted by Gasteiger charge is 2.41. The van der Waals surface area contributed by atoms with Crippen LogP contribution in [-0.4, -0.2) is 67.7 Å². The van der Waals surface area contributed by atoms with Crippen molar-refractivity contribution in [3.05, 3.63) is 0 Å². The van der Waals surface area contributed by atoms with E-state index in [1.165, 1.54) is 4.31 Å². The van der Waals surface area contributed by atoms with E-state index in [1.54, 1.807) is 0 Å². The van der Waals surface area contributed by atoms with Crippen molar-refractivity contribution in [2.24, 2.45) is 0 Å². The quantitative estimate of drug-likeness (QED) is 0.790. The Morgan fingerprint density at radius 3 is 2.53 bits per heavy atom. The Labute approximate surface area is 114 Å². The fourth-order valence-corrected chi connectivity index (χ4v) is 4.79. The van der Waals surface area contributed by atoms with Gasteiger partial charge in [-0.1, -0.05) is 0 Å². The van der Waals surface area contributed by atoms with Crippen molar-refractivity contribution in [2.75, 3.05) is 32.9 Å². The fourth-order valence-electron chi connectivity index (χ4n) is 2.72. The number of nitrogens with zero attached hydrogens (tertiary/aromatic N) is 1. The summed E-state index contributed by atoms with van der Waals surface area (Å²) in [7, 11) is -3.34. The summed E-state index contributed by atoms with van der Waals surface area (Å²) < 4.78 is 37.6. The highest BCUT2D eigenvalue weighted by Crippen LogP contribution is 2.27. The molecule has 0 spiro atoms. The van der Waals surface area contributed by atoms with Crippen molar-refractivity contribution in [2.45, 2.75) is 43.6 Å². The van der Waals surface area contributed by atoms with E-state index in [2.05, 4.69) is 0 Å². The van der Waals surface area contributed by atoms with E-state index in [9.17, 15) is 13.5 Å². The van der Waals surface area contributed by atoms with Crippen LogP contribution in [0.1, 0.15) is 26.7 Å². The molecule has 2 saturated heterocycles. The average Bonchev–Trinajstić information content (AvgIpc) is 2.37. The molecule has 112 valence electrons. The van der Waals surface area contributed by atoms with Gasteiger partial charge in [0.1, 0.15) is 0 Å². The minimum absolute atomic E-state index is 0.163. The zero-order valence-electron chi connectivity index (χ0n) is 11.5. The number of hydrogen-bond acceptors (Lipinski definition) is 5. The van der Waals surface area contributed by atoms with Gasteiger partial charge >= 0.3 is 0 Å². The Morgan fingerprint density at radius 1 is 1.32 bits per heavy atom. The third-order valence-electron chi connectivity index (χ3n) is 3.60. The molecule has 1 N–H and O–H groups in total. The van der Waals surface area contributed by atoms with Gasteiger partial charge in [-0.05, 0) is 26.7 Å². The second-order valence-corrected chi connectivity index (χ2v) is 8.04. The maximum absolute atomic E-state index is 12.6. The van der Waals surface area contributed by atoms with Crippen LogP contribution in [0, 0.1) is 0 Å². The molecule has 19 heavy (non-hydrogen) atoms. The van der Waals surface area contributed by atoms with Gasteiger partial charge < -0.3 is 14.6 Å². The second kappa shape index (κ2) is 5.65. The van der Waals surface area contributed by atoms with Crippen LogP contribution in [-0.2, 0) is 19.5 Å². The molecular weight excluding hydrogens is 270 g/mol. The average molecular weight is 293 g/mol. The SMILES string of the molecule is CC1(C)CN(S(=O)(=O)C2CCOCC2)CC(CO)O1. The lowest BCUT2D eigenvalue weighted by atomic mass is 10.1. The topological polar surface area (TPSA) is 76.1 Å².